The van der Waals surface area contributed by atoms with E-state index >= 15 is 0 Å². The van der Waals surface area contributed by atoms with E-state index < -0.39 is 0 Å². The van der Waals surface area contributed by atoms with Gasteiger partial charge < -0.3 is 14.5 Å². The van der Waals surface area contributed by atoms with Crippen LogP contribution in [0.25, 0.3) is 5.65 Å². The van der Waals surface area contributed by atoms with Crippen LogP contribution in [0.2, 0.25) is 0 Å². The standard InChI is InChI=1S/C20H26N6O3/c1-29-18-7-5-16-21-22-17(26(16)23-18)6-8-19(27)24-10-13-9-14(12-24)15-3-2-4-20(28)25(15)11-13/h5,7,13-15H,2-4,6,8-12H2,1H3. The van der Waals surface area contributed by atoms with Gasteiger partial charge in [0, 0.05) is 51.0 Å². The molecule has 2 bridgehead atoms. The monoisotopic (exact) mass is 398 g/mol. The molecular weight excluding hydrogens is 372 g/mol. The molecule has 2 aromatic heterocycles. The van der Waals surface area contributed by atoms with Gasteiger partial charge >= 0.3 is 0 Å². The molecule has 2 amide bonds. The van der Waals surface area contributed by atoms with E-state index in [1.807, 2.05) is 4.90 Å². The van der Waals surface area contributed by atoms with Crippen LogP contribution in [-0.2, 0) is 16.0 Å². The third kappa shape index (κ3) is 3.32. The predicted molar refractivity (Wildman–Crippen MR) is 103 cm³/mol. The molecule has 3 aliphatic rings. The van der Waals surface area contributed by atoms with Crippen LogP contribution in [0, 0.1) is 11.8 Å². The Morgan fingerprint density at radius 1 is 1.24 bits per heavy atom. The summed E-state index contributed by atoms with van der Waals surface area (Å²) in [7, 11) is 1.57. The predicted octanol–water partition coefficient (Wildman–Crippen LogP) is 0.925. The van der Waals surface area contributed by atoms with Gasteiger partial charge in [0.2, 0.25) is 17.7 Å². The zero-order valence-electron chi connectivity index (χ0n) is 16.7. The number of hydrogen-bond acceptors (Lipinski definition) is 6. The van der Waals surface area contributed by atoms with Crippen LogP contribution in [-0.4, -0.2) is 74.2 Å². The maximum Gasteiger partial charge on any atom is 0.231 e. The second kappa shape index (κ2) is 7.27. The van der Waals surface area contributed by atoms with Crippen LogP contribution in [0.5, 0.6) is 5.88 Å². The summed E-state index contributed by atoms with van der Waals surface area (Å²) in [5.74, 6) is 2.41. The topological polar surface area (TPSA) is 92.9 Å². The van der Waals surface area contributed by atoms with Crippen LogP contribution in [0.15, 0.2) is 12.1 Å². The van der Waals surface area contributed by atoms with Crippen molar-refractivity contribution in [2.24, 2.45) is 11.8 Å². The van der Waals surface area contributed by atoms with Crippen LogP contribution in [0.3, 0.4) is 0 Å². The molecule has 5 rings (SSSR count). The molecule has 0 radical (unpaired) electrons. The fourth-order valence-corrected chi connectivity index (χ4v) is 5.27. The highest BCUT2D eigenvalue weighted by atomic mass is 16.5. The summed E-state index contributed by atoms with van der Waals surface area (Å²) in [6.45, 7) is 2.32. The lowest BCUT2D eigenvalue weighted by Gasteiger charge is -2.52. The Bertz CT molecular complexity index is 943. The Balaban J connectivity index is 1.25. The average Bonchev–Trinajstić information content (AvgIpc) is 3.14. The summed E-state index contributed by atoms with van der Waals surface area (Å²) >= 11 is 0. The van der Waals surface area contributed by atoms with Gasteiger partial charge in [0.05, 0.1) is 7.11 Å². The van der Waals surface area contributed by atoms with Gasteiger partial charge in [-0.25, -0.2) is 0 Å². The number of fused-ring (bicyclic) bond motifs is 5. The minimum absolute atomic E-state index is 0.148. The van der Waals surface area contributed by atoms with E-state index in [2.05, 4.69) is 20.2 Å². The van der Waals surface area contributed by atoms with Gasteiger partial charge in [0.25, 0.3) is 0 Å². The van der Waals surface area contributed by atoms with Gasteiger partial charge in [0.15, 0.2) is 11.5 Å². The molecule has 2 aromatic rings. The minimum atomic E-state index is 0.148. The zero-order chi connectivity index (χ0) is 20.0. The molecule has 0 saturated carbocycles. The van der Waals surface area contributed by atoms with E-state index in [9.17, 15) is 9.59 Å². The van der Waals surface area contributed by atoms with Crippen molar-refractivity contribution < 1.29 is 14.3 Å². The third-order valence-corrected chi connectivity index (χ3v) is 6.61. The third-order valence-electron chi connectivity index (χ3n) is 6.61. The molecule has 3 atom stereocenters. The summed E-state index contributed by atoms with van der Waals surface area (Å²) < 4.78 is 6.81. The summed E-state index contributed by atoms with van der Waals surface area (Å²) in [5.41, 5.74) is 0.641. The molecule has 0 aliphatic carbocycles. The Kier molecular flexibility index (Phi) is 4.60. The second-order valence-corrected chi connectivity index (χ2v) is 8.43. The van der Waals surface area contributed by atoms with Crippen molar-refractivity contribution in [3.8, 4) is 5.88 Å². The summed E-state index contributed by atoms with van der Waals surface area (Å²) in [5, 5.41) is 12.7. The molecule has 9 nitrogen and oxygen atoms in total. The molecule has 0 N–H and O–H groups in total. The summed E-state index contributed by atoms with van der Waals surface area (Å²) in [6.07, 6.45) is 4.74. The first kappa shape index (κ1) is 18.3. The van der Waals surface area contributed by atoms with E-state index in [0.717, 1.165) is 38.9 Å². The van der Waals surface area contributed by atoms with E-state index in [4.69, 9.17) is 4.74 Å². The number of ether oxygens (including phenoxy) is 1. The first-order valence-electron chi connectivity index (χ1n) is 10.4. The molecule has 3 aliphatic heterocycles. The lowest BCUT2D eigenvalue weighted by molar-refractivity contribution is -0.148. The van der Waals surface area contributed by atoms with Crippen molar-refractivity contribution in [1.82, 2.24) is 29.6 Å². The Hall–Kier alpha value is -2.71. The molecule has 154 valence electrons. The molecule has 29 heavy (non-hydrogen) atoms. The van der Waals surface area contributed by atoms with Crippen LogP contribution in [0.1, 0.15) is 37.9 Å². The van der Waals surface area contributed by atoms with Gasteiger partial charge in [-0.1, -0.05) is 0 Å². The molecular formula is C20H26N6O3. The number of carbonyl (C=O) groups is 2. The quantitative estimate of drug-likeness (QED) is 0.761. The first-order chi connectivity index (χ1) is 14.1. The molecule has 9 heteroatoms. The number of piperidine rings is 3. The number of rotatable bonds is 4. The van der Waals surface area contributed by atoms with Gasteiger partial charge in [-0.2, -0.15) is 4.52 Å². The lowest BCUT2D eigenvalue weighted by atomic mass is 9.76. The largest absolute Gasteiger partial charge is 0.480 e. The SMILES string of the molecule is COc1ccc2nnc(CCC(=O)N3CC4CC(C3)C3CCCC(=O)N3C4)n2n1. The first-order valence-corrected chi connectivity index (χ1v) is 10.4. The van der Waals surface area contributed by atoms with Crippen molar-refractivity contribution in [1.29, 1.82) is 0 Å². The van der Waals surface area contributed by atoms with Crippen LogP contribution < -0.4 is 4.74 Å². The highest BCUT2D eigenvalue weighted by molar-refractivity contribution is 5.78. The molecule has 3 fully saturated rings. The van der Waals surface area contributed by atoms with Crippen molar-refractivity contribution >= 4 is 17.5 Å². The Morgan fingerprint density at radius 2 is 2.14 bits per heavy atom. The smallest absolute Gasteiger partial charge is 0.231 e. The number of methoxy groups -OCH3 is 1. The summed E-state index contributed by atoms with van der Waals surface area (Å²) in [6, 6.07) is 3.86. The number of nitrogens with zero attached hydrogens (tertiary/aromatic N) is 6. The zero-order valence-corrected chi connectivity index (χ0v) is 16.7. The van der Waals surface area contributed by atoms with Crippen molar-refractivity contribution in [2.75, 3.05) is 26.7 Å². The number of aryl methyl sites for hydroxylation is 1. The number of hydrogen-bond donors (Lipinski definition) is 0. The van der Waals surface area contributed by atoms with Crippen LogP contribution in [0.4, 0.5) is 0 Å². The van der Waals surface area contributed by atoms with Crippen LogP contribution >= 0.6 is 0 Å². The minimum Gasteiger partial charge on any atom is -0.480 e. The van der Waals surface area contributed by atoms with E-state index in [1.54, 1.807) is 23.8 Å². The Morgan fingerprint density at radius 3 is 3.00 bits per heavy atom. The molecule has 0 aromatic carbocycles. The van der Waals surface area contributed by atoms with Gasteiger partial charge in [-0.15, -0.1) is 15.3 Å². The highest BCUT2D eigenvalue weighted by Gasteiger charge is 2.44. The molecule has 5 heterocycles. The maximum atomic E-state index is 13.0. The molecule has 3 unspecified atom stereocenters. The lowest BCUT2D eigenvalue weighted by Crippen LogP contribution is -2.61. The summed E-state index contributed by atoms with van der Waals surface area (Å²) in [4.78, 5) is 29.3. The normalized spacial score (nSPS) is 26.5. The number of carbonyl (C=O) groups excluding carboxylic acids is 2. The fourth-order valence-electron chi connectivity index (χ4n) is 5.27. The van der Waals surface area contributed by atoms with Crippen molar-refractivity contribution in [3.63, 3.8) is 0 Å². The van der Waals surface area contributed by atoms with E-state index in [1.165, 1.54) is 0 Å². The fraction of sp³-hybridized carbons (Fsp3) is 0.650. The van der Waals surface area contributed by atoms with Crippen molar-refractivity contribution in [2.45, 2.75) is 44.6 Å². The van der Waals surface area contributed by atoms with Gasteiger partial charge in [-0.05, 0) is 37.2 Å². The molecule has 0 spiro atoms. The van der Waals surface area contributed by atoms with Crippen molar-refractivity contribution in [3.05, 3.63) is 18.0 Å². The second-order valence-electron chi connectivity index (χ2n) is 8.43. The van der Waals surface area contributed by atoms with Gasteiger partial charge in [-0.3, -0.25) is 9.59 Å². The number of likely N-dealkylation sites (tertiary alicyclic amines) is 1. The molecule has 3 saturated heterocycles. The maximum absolute atomic E-state index is 13.0. The van der Waals surface area contributed by atoms with Gasteiger partial charge in [0.1, 0.15) is 0 Å². The van der Waals surface area contributed by atoms with E-state index in [0.29, 0.717) is 60.4 Å². The highest BCUT2D eigenvalue weighted by Crippen LogP contribution is 2.38. The van der Waals surface area contributed by atoms with E-state index in [-0.39, 0.29) is 5.91 Å². The average molecular weight is 398 g/mol. The Labute approximate surface area is 169 Å². The number of amides is 2. The number of aromatic nitrogens is 4.